The van der Waals surface area contributed by atoms with E-state index in [1.165, 1.54) is 11.8 Å². The zero-order chi connectivity index (χ0) is 10.8. The third-order valence-electron chi connectivity index (χ3n) is 1.79. The van der Waals surface area contributed by atoms with Crippen LogP contribution in [-0.4, -0.2) is 10.2 Å². The van der Waals surface area contributed by atoms with Gasteiger partial charge in [0.05, 0.1) is 21.5 Å². The molecule has 76 valence electrons. The number of rotatable bonds is 2. The minimum absolute atomic E-state index is 0.0685. The van der Waals surface area contributed by atoms with Gasteiger partial charge in [-0.1, -0.05) is 23.4 Å². The molecule has 2 aromatic rings. The van der Waals surface area contributed by atoms with Crippen LogP contribution in [0, 0.1) is 11.3 Å². The number of thiazole rings is 1. The first kappa shape index (κ1) is 10.7. The Morgan fingerprint density at radius 3 is 3.13 bits per heavy atom. The van der Waals surface area contributed by atoms with Crippen molar-refractivity contribution in [3.63, 3.8) is 0 Å². The highest BCUT2D eigenvalue weighted by Crippen LogP contribution is 2.32. The van der Waals surface area contributed by atoms with Crippen molar-refractivity contribution >= 4 is 44.9 Å². The van der Waals surface area contributed by atoms with Crippen molar-refractivity contribution in [1.29, 1.82) is 5.26 Å². The van der Waals surface area contributed by atoms with Gasteiger partial charge in [-0.05, 0) is 25.1 Å². The van der Waals surface area contributed by atoms with Crippen molar-refractivity contribution < 1.29 is 0 Å². The molecular formula is C10H7ClN2S2. The molecule has 1 aromatic heterocycles. The third kappa shape index (κ3) is 2.43. The van der Waals surface area contributed by atoms with Crippen LogP contribution in [-0.2, 0) is 0 Å². The number of nitriles is 1. The third-order valence-corrected chi connectivity index (χ3v) is 4.15. The molecule has 1 heterocycles. The van der Waals surface area contributed by atoms with Gasteiger partial charge in [0.15, 0.2) is 4.34 Å². The lowest BCUT2D eigenvalue weighted by Gasteiger charge is -1.94. The first-order valence-corrected chi connectivity index (χ1v) is 6.39. The van der Waals surface area contributed by atoms with Gasteiger partial charge in [0, 0.05) is 5.02 Å². The van der Waals surface area contributed by atoms with Gasteiger partial charge in [-0.2, -0.15) is 5.26 Å². The van der Waals surface area contributed by atoms with Crippen LogP contribution in [0.15, 0.2) is 22.5 Å². The van der Waals surface area contributed by atoms with Gasteiger partial charge in [-0.3, -0.25) is 0 Å². The van der Waals surface area contributed by atoms with E-state index in [2.05, 4.69) is 11.1 Å². The molecule has 0 fully saturated rings. The molecule has 0 amide bonds. The fourth-order valence-electron chi connectivity index (χ4n) is 1.11. The summed E-state index contributed by atoms with van der Waals surface area (Å²) in [4.78, 5) is 4.41. The molecule has 0 bridgehead atoms. The van der Waals surface area contributed by atoms with Crippen LogP contribution in [0.25, 0.3) is 10.2 Å². The lowest BCUT2D eigenvalue weighted by Crippen LogP contribution is -1.87. The summed E-state index contributed by atoms with van der Waals surface area (Å²) in [5, 5.41) is 9.32. The van der Waals surface area contributed by atoms with Crippen molar-refractivity contribution in [2.45, 2.75) is 16.5 Å². The molecule has 0 saturated carbocycles. The fraction of sp³-hybridized carbons (Fsp3) is 0.200. The second kappa shape index (κ2) is 4.40. The molecule has 0 N–H and O–H groups in total. The monoisotopic (exact) mass is 254 g/mol. The molecule has 0 spiro atoms. The van der Waals surface area contributed by atoms with Crippen LogP contribution >= 0.6 is 34.7 Å². The molecule has 1 aromatic carbocycles. The number of nitrogens with zero attached hydrogens (tertiary/aromatic N) is 2. The van der Waals surface area contributed by atoms with Gasteiger partial charge in [0.25, 0.3) is 0 Å². The average Bonchev–Trinajstić information content (AvgIpc) is 2.59. The van der Waals surface area contributed by atoms with E-state index < -0.39 is 0 Å². The van der Waals surface area contributed by atoms with Gasteiger partial charge in [-0.15, -0.1) is 11.3 Å². The van der Waals surface area contributed by atoms with E-state index in [1.807, 2.05) is 25.1 Å². The Labute approximate surface area is 101 Å². The maximum Gasteiger partial charge on any atom is 0.152 e. The van der Waals surface area contributed by atoms with Crippen LogP contribution in [0.2, 0.25) is 5.02 Å². The van der Waals surface area contributed by atoms with Crippen molar-refractivity contribution in [2.24, 2.45) is 0 Å². The molecule has 0 unspecified atom stereocenters. The zero-order valence-electron chi connectivity index (χ0n) is 7.90. The first-order chi connectivity index (χ1) is 7.19. The predicted octanol–water partition coefficient (Wildman–Crippen LogP) is 3.95. The molecule has 5 heteroatoms. The van der Waals surface area contributed by atoms with E-state index in [0.717, 1.165) is 14.6 Å². The Balaban J connectivity index is 2.35. The van der Waals surface area contributed by atoms with Gasteiger partial charge in [0.1, 0.15) is 0 Å². The maximum absolute atomic E-state index is 8.70. The average molecular weight is 255 g/mol. The lowest BCUT2D eigenvalue weighted by molar-refractivity contribution is 1.21. The smallest absolute Gasteiger partial charge is 0.152 e. The second-order valence-electron chi connectivity index (χ2n) is 2.98. The maximum atomic E-state index is 8.70. The summed E-state index contributed by atoms with van der Waals surface area (Å²) in [6.45, 7) is 1.86. The Morgan fingerprint density at radius 2 is 2.40 bits per heavy atom. The van der Waals surface area contributed by atoms with Crippen molar-refractivity contribution in [3.05, 3.63) is 23.2 Å². The van der Waals surface area contributed by atoms with Crippen LogP contribution in [0.3, 0.4) is 0 Å². The standard InChI is InChI=1S/C10H7ClN2S2/c1-6(5-12)14-10-13-8-4-7(11)2-3-9(8)15-10/h2-4,6H,1H3/t6-/m0/s1. The molecule has 0 aliphatic heterocycles. The summed E-state index contributed by atoms with van der Waals surface area (Å²) in [7, 11) is 0. The minimum atomic E-state index is -0.0685. The fourth-order valence-corrected chi connectivity index (χ4v) is 3.35. The topological polar surface area (TPSA) is 36.7 Å². The molecule has 1 atom stereocenters. The van der Waals surface area contributed by atoms with Crippen molar-refractivity contribution in [2.75, 3.05) is 0 Å². The molecule has 0 saturated heterocycles. The molecule has 15 heavy (non-hydrogen) atoms. The zero-order valence-corrected chi connectivity index (χ0v) is 10.3. The first-order valence-electron chi connectivity index (χ1n) is 4.31. The summed E-state index contributed by atoms with van der Waals surface area (Å²) in [5.41, 5.74) is 0.903. The largest absolute Gasteiger partial charge is 0.230 e. The van der Waals surface area contributed by atoms with Gasteiger partial charge >= 0.3 is 0 Å². The summed E-state index contributed by atoms with van der Waals surface area (Å²) >= 11 is 8.94. The highest BCUT2D eigenvalue weighted by Gasteiger charge is 2.08. The number of halogens is 1. The number of hydrogen-bond acceptors (Lipinski definition) is 4. The minimum Gasteiger partial charge on any atom is -0.230 e. The van der Waals surface area contributed by atoms with E-state index in [1.54, 1.807) is 11.3 Å². The Kier molecular flexibility index (Phi) is 3.15. The molecule has 0 aliphatic carbocycles. The number of thioether (sulfide) groups is 1. The van der Waals surface area contributed by atoms with Crippen LogP contribution in [0.1, 0.15) is 6.92 Å². The van der Waals surface area contributed by atoms with Crippen LogP contribution in [0.4, 0.5) is 0 Å². The van der Waals surface area contributed by atoms with E-state index in [0.29, 0.717) is 5.02 Å². The molecule has 2 nitrogen and oxygen atoms in total. The van der Waals surface area contributed by atoms with E-state index in [9.17, 15) is 0 Å². The normalized spacial score (nSPS) is 12.6. The van der Waals surface area contributed by atoms with Gasteiger partial charge < -0.3 is 0 Å². The highest BCUT2D eigenvalue weighted by atomic mass is 35.5. The van der Waals surface area contributed by atoms with Crippen LogP contribution < -0.4 is 0 Å². The Morgan fingerprint density at radius 1 is 1.60 bits per heavy atom. The Hall–Kier alpha value is -0.760. The second-order valence-corrected chi connectivity index (χ2v) is 6.04. The van der Waals surface area contributed by atoms with E-state index >= 15 is 0 Å². The summed E-state index contributed by atoms with van der Waals surface area (Å²) < 4.78 is 2.02. The van der Waals surface area contributed by atoms with E-state index in [4.69, 9.17) is 16.9 Å². The Bertz CT molecular complexity index is 530. The van der Waals surface area contributed by atoms with E-state index in [-0.39, 0.29) is 5.25 Å². The summed E-state index contributed by atoms with van der Waals surface area (Å²) in [5.74, 6) is 0. The number of fused-ring (bicyclic) bond motifs is 1. The number of benzene rings is 1. The molecule has 2 rings (SSSR count). The van der Waals surface area contributed by atoms with Crippen molar-refractivity contribution in [1.82, 2.24) is 4.98 Å². The number of hydrogen-bond donors (Lipinski definition) is 0. The van der Waals surface area contributed by atoms with Crippen molar-refractivity contribution in [3.8, 4) is 6.07 Å². The SMILES string of the molecule is C[C@@H](C#N)Sc1nc2cc(Cl)ccc2s1. The lowest BCUT2D eigenvalue weighted by atomic mass is 10.3. The summed E-state index contributed by atoms with van der Waals surface area (Å²) in [6, 6.07) is 7.82. The highest BCUT2D eigenvalue weighted by molar-refractivity contribution is 8.01. The molecule has 0 radical (unpaired) electrons. The molecular weight excluding hydrogens is 248 g/mol. The van der Waals surface area contributed by atoms with Crippen LogP contribution in [0.5, 0.6) is 0 Å². The molecule has 0 aliphatic rings. The van der Waals surface area contributed by atoms with Gasteiger partial charge in [-0.25, -0.2) is 4.98 Å². The predicted molar refractivity (Wildman–Crippen MR) is 65.6 cm³/mol. The van der Waals surface area contributed by atoms with Gasteiger partial charge in [0.2, 0.25) is 0 Å². The summed E-state index contributed by atoms with van der Waals surface area (Å²) in [6.07, 6.45) is 0. The quantitative estimate of drug-likeness (QED) is 0.762. The number of aromatic nitrogens is 1.